The molecule has 23 heavy (non-hydrogen) atoms. The minimum absolute atomic E-state index is 0.155. The SMILES string of the molecule is O=C1O[C@@H](CO)CN1c1ccc2cc(OCC3CC3)ccc2c1. The number of rotatable bonds is 5. The second-order valence-electron chi connectivity index (χ2n) is 6.25. The lowest BCUT2D eigenvalue weighted by atomic mass is 10.1. The number of hydrogen-bond donors (Lipinski definition) is 1. The Balaban J connectivity index is 1.55. The van der Waals surface area contributed by atoms with Gasteiger partial charge >= 0.3 is 6.09 Å². The first-order valence-electron chi connectivity index (χ1n) is 7.98. The summed E-state index contributed by atoms with van der Waals surface area (Å²) in [6.07, 6.45) is 1.69. The summed E-state index contributed by atoms with van der Waals surface area (Å²) < 4.78 is 10.9. The van der Waals surface area contributed by atoms with Gasteiger partial charge in [-0.2, -0.15) is 0 Å². The van der Waals surface area contributed by atoms with Crippen LogP contribution in [0.5, 0.6) is 5.75 Å². The van der Waals surface area contributed by atoms with E-state index in [2.05, 4.69) is 0 Å². The molecule has 0 bridgehead atoms. The quantitative estimate of drug-likeness (QED) is 0.922. The number of aliphatic hydroxyl groups excluding tert-OH is 1. The normalized spacial score (nSPS) is 20.8. The molecule has 1 saturated heterocycles. The maximum atomic E-state index is 11.9. The van der Waals surface area contributed by atoms with Crippen molar-refractivity contribution in [3.05, 3.63) is 36.4 Å². The molecule has 2 aliphatic rings. The number of nitrogens with zero attached hydrogens (tertiary/aromatic N) is 1. The van der Waals surface area contributed by atoms with Gasteiger partial charge < -0.3 is 14.6 Å². The maximum Gasteiger partial charge on any atom is 0.414 e. The lowest BCUT2D eigenvalue weighted by Crippen LogP contribution is -2.25. The Morgan fingerprint density at radius 2 is 1.96 bits per heavy atom. The molecular formula is C18H19NO4. The fraction of sp³-hybridized carbons (Fsp3) is 0.389. The molecule has 120 valence electrons. The minimum Gasteiger partial charge on any atom is -0.493 e. The van der Waals surface area contributed by atoms with E-state index >= 15 is 0 Å². The van der Waals surface area contributed by atoms with Crippen LogP contribution in [0.2, 0.25) is 0 Å². The highest BCUT2D eigenvalue weighted by Gasteiger charge is 2.31. The fourth-order valence-corrected chi connectivity index (χ4v) is 2.79. The molecule has 0 aromatic heterocycles. The van der Waals surface area contributed by atoms with Gasteiger partial charge in [0.25, 0.3) is 0 Å². The zero-order valence-corrected chi connectivity index (χ0v) is 12.8. The zero-order valence-electron chi connectivity index (χ0n) is 12.8. The van der Waals surface area contributed by atoms with Gasteiger partial charge in [-0.05, 0) is 53.8 Å². The summed E-state index contributed by atoms with van der Waals surface area (Å²) in [5, 5.41) is 11.2. The van der Waals surface area contributed by atoms with E-state index in [0.717, 1.165) is 34.7 Å². The topological polar surface area (TPSA) is 59.0 Å². The van der Waals surface area contributed by atoms with E-state index < -0.39 is 12.2 Å². The number of anilines is 1. The highest BCUT2D eigenvalue weighted by Crippen LogP contribution is 2.31. The molecule has 1 amide bonds. The molecule has 1 atom stereocenters. The van der Waals surface area contributed by atoms with Gasteiger partial charge in [-0.3, -0.25) is 4.90 Å². The van der Waals surface area contributed by atoms with Crippen molar-refractivity contribution in [3.63, 3.8) is 0 Å². The molecule has 5 nitrogen and oxygen atoms in total. The number of carbonyl (C=O) groups excluding carboxylic acids is 1. The van der Waals surface area contributed by atoms with E-state index in [1.165, 1.54) is 12.8 Å². The van der Waals surface area contributed by atoms with Crippen molar-refractivity contribution in [2.75, 3.05) is 24.7 Å². The molecule has 1 heterocycles. The average Bonchev–Trinajstić information content (AvgIpc) is 3.33. The average molecular weight is 313 g/mol. The summed E-state index contributed by atoms with van der Waals surface area (Å²) in [6.45, 7) is 1.02. The van der Waals surface area contributed by atoms with E-state index in [1.807, 2.05) is 36.4 Å². The summed E-state index contributed by atoms with van der Waals surface area (Å²) in [5.41, 5.74) is 0.782. The molecule has 2 fully saturated rings. The number of hydrogen-bond acceptors (Lipinski definition) is 4. The summed E-state index contributed by atoms with van der Waals surface area (Å²) in [6, 6.07) is 11.8. The third-order valence-corrected chi connectivity index (χ3v) is 4.37. The van der Waals surface area contributed by atoms with Gasteiger partial charge in [-0.1, -0.05) is 12.1 Å². The van der Waals surface area contributed by atoms with Gasteiger partial charge in [-0.25, -0.2) is 4.79 Å². The number of fused-ring (bicyclic) bond motifs is 1. The van der Waals surface area contributed by atoms with Gasteiger partial charge in [0.1, 0.15) is 11.9 Å². The van der Waals surface area contributed by atoms with E-state index in [-0.39, 0.29) is 6.61 Å². The van der Waals surface area contributed by atoms with E-state index in [1.54, 1.807) is 4.90 Å². The van der Waals surface area contributed by atoms with Crippen LogP contribution in [0.15, 0.2) is 36.4 Å². The summed E-state index contributed by atoms with van der Waals surface area (Å²) in [4.78, 5) is 13.4. The molecule has 1 aliphatic heterocycles. The fourth-order valence-electron chi connectivity index (χ4n) is 2.79. The molecule has 2 aromatic carbocycles. The highest BCUT2D eigenvalue weighted by molar-refractivity contribution is 5.94. The van der Waals surface area contributed by atoms with Crippen molar-refractivity contribution in [2.45, 2.75) is 18.9 Å². The van der Waals surface area contributed by atoms with E-state index in [4.69, 9.17) is 14.6 Å². The van der Waals surface area contributed by atoms with Gasteiger partial charge in [0.05, 0.1) is 19.8 Å². The van der Waals surface area contributed by atoms with Gasteiger partial charge in [0.2, 0.25) is 0 Å². The second kappa shape index (κ2) is 5.74. The standard InChI is InChI=1S/C18H19NO4/c20-10-17-9-19(18(21)23-17)15-5-3-14-8-16(6-4-13(14)7-15)22-11-12-1-2-12/h3-8,12,17,20H,1-2,9-11H2/t17-/m1/s1. The van der Waals surface area contributed by atoms with Gasteiger partial charge in [0.15, 0.2) is 0 Å². The van der Waals surface area contributed by atoms with Crippen LogP contribution in [0.4, 0.5) is 10.5 Å². The number of aliphatic hydroxyl groups is 1. The molecule has 2 aromatic rings. The van der Waals surface area contributed by atoms with Crippen molar-refractivity contribution in [3.8, 4) is 5.75 Å². The van der Waals surface area contributed by atoms with Crippen LogP contribution in [0.25, 0.3) is 10.8 Å². The largest absolute Gasteiger partial charge is 0.493 e. The lowest BCUT2D eigenvalue weighted by Gasteiger charge is -2.14. The van der Waals surface area contributed by atoms with Crippen LogP contribution >= 0.6 is 0 Å². The molecule has 0 unspecified atom stereocenters. The van der Waals surface area contributed by atoms with Crippen molar-refractivity contribution >= 4 is 22.6 Å². The van der Waals surface area contributed by atoms with Crippen LogP contribution in [-0.4, -0.2) is 37.1 Å². The Morgan fingerprint density at radius 1 is 1.17 bits per heavy atom. The molecular weight excluding hydrogens is 294 g/mol. The van der Waals surface area contributed by atoms with E-state index in [0.29, 0.717) is 6.54 Å². The number of cyclic esters (lactones) is 1. The Bertz CT molecular complexity index is 741. The first-order valence-corrected chi connectivity index (χ1v) is 7.98. The smallest absolute Gasteiger partial charge is 0.414 e. The molecule has 4 rings (SSSR count). The third-order valence-electron chi connectivity index (χ3n) is 4.37. The van der Waals surface area contributed by atoms with Crippen LogP contribution in [0, 0.1) is 5.92 Å². The van der Waals surface area contributed by atoms with Gasteiger partial charge in [-0.15, -0.1) is 0 Å². The van der Waals surface area contributed by atoms with Crippen LogP contribution in [0.1, 0.15) is 12.8 Å². The maximum absolute atomic E-state index is 11.9. The van der Waals surface area contributed by atoms with Crippen molar-refractivity contribution in [1.82, 2.24) is 0 Å². The number of ether oxygens (including phenoxy) is 2. The van der Waals surface area contributed by atoms with Crippen molar-refractivity contribution in [2.24, 2.45) is 5.92 Å². The predicted octanol–water partition coefficient (Wildman–Crippen LogP) is 2.95. The number of benzene rings is 2. The van der Waals surface area contributed by atoms with E-state index in [9.17, 15) is 4.79 Å². The highest BCUT2D eigenvalue weighted by atomic mass is 16.6. The molecule has 0 radical (unpaired) electrons. The first-order chi connectivity index (χ1) is 11.2. The second-order valence-corrected chi connectivity index (χ2v) is 6.25. The molecule has 1 aliphatic carbocycles. The first kappa shape index (κ1) is 14.3. The monoisotopic (exact) mass is 313 g/mol. The minimum atomic E-state index is -0.448. The van der Waals surface area contributed by atoms with Crippen molar-refractivity contribution in [1.29, 1.82) is 0 Å². The summed E-state index contributed by atoms with van der Waals surface area (Å²) in [5.74, 6) is 1.62. The molecule has 5 heteroatoms. The zero-order chi connectivity index (χ0) is 15.8. The molecule has 1 saturated carbocycles. The Kier molecular flexibility index (Phi) is 3.58. The number of carbonyl (C=O) groups is 1. The van der Waals surface area contributed by atoms with Gasteiger partial charge in [0, 0.05) is 5.69 Å². The third kappa shape index (κ3) is 2.97. The molecule has 0 spiro atoms. The molecule has 1 N–H and O–H groups in total. The van der Waals surface area contributed by atoms with Crippen LogP contribution < -0.4 is 9.64 Å². The Hall–Kier alpha value is -2.27. The Morgan fingerprint density at radius 3 is 2.70 bits per heavy atom. The Labute approximate surface area is 134 Å². The van der Waals surface area contributed by atoms with Crippen LogP contribution in [0.3, 0.4) is 0 Å². The van der Waals surface area contributed by atoms with Crippen molar-refractivity contribution < 1.29 is 19.4 Å². The summed E-state index contributed by atoms with van der Waals surface area (Å²) >= 11 is 0. The number of amides is 1. The van der Waals surface area contributed by atoms with Crippen LogP contribution in [-0.2, 0) is 4.74 Å². The lowest BCUT2D eigenvalue weighted by molar-refractivity contribution is 0.0963. The summed E-state index contributed by atoms with van der Waals surface area (Å²) in [7, 11) is 0. The predicted molar refractivity (Wildman–Crippen MR) is 86.9 cm³/mol.